The number of rotatable bonds is 1. The summed E-state index contributed by atoms with van der Waals surface area (Å²) in [6, 6.07) is 0. The maximum absolute atomic E-state index is 3.59. The maximum Gasteiger partial charge on any atom is 0.00649 e. The lowest BCUT2D eigenvalue weighted by molar-refractivity contribution is 0.405. The minimum Gasteiger partial charge on any atom is -0.0925 e. The van der Waals surface area contributed by atoms with Gasteiger partial charge >= 0.3 is 0 Å². The van der Waals surface area contributed by atoms with Gasteiger partial charge in [0.2, 0.25) is 0 Å². The molecule has 0 heterocycles. The molecule has 2 aliphatic carbocycles. The number of hydrogen-bond donors (Lipinski definition) is 0. The maximum atomic E-state index is 3.59. The SMILES string of the molecule is BrCC1CCCC12CC2. The highest BCUT2D eigenvalue weighted by Crippen LogP contribution is 2.61. The predicted octanol–water partition coefficient (Wildman–Crippen LogP) is 2.96. The minimum atomic E-state index is 0.865. The van der Waals surface area contributed by atoms with Crippen LogP contribution in [0.1, 0.15) is 32.1 Å². The van der Waals surface area contributed by atoms with Crippen LogP contribution in [0.2, 0.25) is 0 Å². The van der Waals surface area contributed by atoms with Crippen LogP contribution in [0.25, 0.3) is 0 Å². The Balaban J connectivity index is 2.05. The van der Waals surface area contributed by atoms with Crippen molar-refractivity contribution in [2.45, 2.75) is 32.1 Å². The van der Waals surface area contributed by atoms with Crippen molar-refractivity contribution in [2.24, 2.45) is 11.3 Å². The highest BCUT2D eigenvalue weighted by molar-refractivity contribution is 9.09. The summed E-state index contributed by atoms with van der Waals surface area (Å²) in [5, 5.41) is 1.26. The molecule has 2 fully saturated rings. The highest BCUT2D eigenvalue weighted by atomic mass is 79.9. The molecular formula is C8H13Br. The first-order valence-electron chi connectivity index (χ1n) is 3.93. The van der Waals surface area contributed by atoms with Crippen molar-refractivity contribution in [1.29, 1.82) is 0 Å². The van der Waals surface area contributed by atoms with Gasteiger partial charge in [0.1, 0.15) is 0 Å². The molecule has 2 rings (SSSR count). The van der Waals surface area contributed by atoms with E-state index in [-0.39, 0.29) is 0 Å². The summed E-state index contributed by atoms with van der Waals surface area (Å²) in [6.45, 7) is 0. The molecule has 0 radical (unpaired) electrons. The van der Waals surface area contributed by atoms with Gasteiger partial charge < -0.3 is 0 Å². The largest absolute Gasteiger partial charge is 0.0925 e. The normalized spacial score (nSPS) is 37.7. The van der Waals surface area contributed by atoms with Crippen molar-refractivity contribution in [3.63, 3.8) is 0 Å². The van der Waals surface area contributed by atoms with E-state index >= 15 is 0 Å². The Morgan fingerprint density at radius 2 is 2.11 bits per heavy atom. The molecule has 0 aromatic rings. The van der Waals surface area contributed by atoms with E-state index in [0.29, 0.717) is 0 Å². The summed E-state index contributed by atoms with van der Waals surface area (Å²) < 4.78 is 0. The van der Waals surface area contributed by atoms with Crippen LogP contribution in [0.5, 0.6) is 0 Å². The second-order valence-corrected chi connectivity index (χ2v) is 4.25. The van der Waals surface area contributed by atoms with Gasteiger partial charge in [-0.1, -0.05) is 22.4 Å². The Labute approximate surface area is 65.1 Å². The molecule has 1 atom stereocenters. The van der Waals surface area contributed by atoms with Gasteiger partial charge in [0.05, 0.1) is 0 Å². The lowest BCUT2D eigenvalue weighted by Gasteiger charge is -2.13. The van der Waals surface area contributed by atoms with Gasteiger partial charge in [0.15, 0.2) is 0 Å². The third kappa shape index (κ3) is 0.849. The van der Waals surface area contributed by atoms with Crippen LogP contribution in [-0.4, -0.2) is 5.33 Å². The van der Waals surface area contributed by atoms with Gasteiger partial charge in [-0.2, -0.15) is 0 Å². The van der Waals surface area contributed by atoms with Crippen LogP contribution < -0.4 is 0 Å². The zero-order chi connectivity index (χ0) is 6.32. The number of hydrogen-bond acceptors (Lipinski definition) is 0. The smallest absolute Gasteiger partial charge is 0.00649 e. The average Bonchev–Trinajstić information content (AvgIpc) is 2.45. The van der Waals surface area contributed by atoms with Crippen LogP contribution in [0.3, 0.4) is 0 Å². The zero-order valence-corrected chi connectivity index (χ0v) is 7.28. The first-order chi connectivity index (χ1) is 4.37. The molecule has 1 unspecified atom stereocenters. The molecule has 2 saturated carbocycles. The van der Waals surface area contributed by atoms with E-state index < -0.39 is 0 Å². The van der Waals surface area contributed by atoms with E-state index in [9.17, 15) is 0 Å². The number of alkyl halides is 1. The summed E-state index contributed by atoms with van der Waals surface area (Å²) in [4.78, 5) is 0. The van der Waals surface area contributed by atoms with E-state index in [2.05, 4.69) is 15.9 Å². The zero-order valence-electron chi connectivity index (χ0n) is 5.70. The summed E-state index contributed by atoms with van der Waals surface area (Å²) in [7, 11) is 0. The third-order valence-corrected chi connectivity index (χ3v) is 3.95. The Bertz CT molecular complexity index is 116. The van der Waals surface area contributed by atoms with Crippen LogP contribution in [0.15, 0.2) is 0 Å². The van der Waals surface area contributed by atoms with E-state index in [1.807, 2.05) is 0 Å². The van der Waals surface area contributed by atoms with E-state index in [0.717, 1.165) is 11.3 Å². The topological polar surface area (TPSA) is 0 Å². The molecule has 0 bridgehead atoms. The molecule has 0 amide bonds. The van der Waals surface area contributed by atoms with Crippen LogP contribution in [0, 0.1) is 11.3 Å². The lowest BCUT2D eigenvalue weighted by Crippen LogP contribution is -2.08. The molecule has 2 aliphatic rings. The van der Waals surface area contributed by atoms with Gasteiger partial charge in [-0.25, -0.2) is 0 Å². The molecule has 1 spiro atoms. The van der Waals surface area contributed by atoms with Gasteiger partial charge in [-0.15, -0.1) is 0 Å². The third-order valence-electron chi connectivity index (χ3n) is 3.17. The fourth-order valence-corrected chi connectivity index (χ4v) is 3.28. The van der Waals surface area contributed by atoms with Gasteiger partial charge in [-0.3, -0.25) is 0 Å². The predicted molar refractivity (Wildman–Crippen MR) is 42.8 cm³/mol. The minimum absolute atomic E-state index is 0.865. The van der Waals surface area contributed by atoms with Gasteiger partial charge in [-0.05, 0) is 37.0 Å². The molecule has 0 aliphatic heterocycles. The molecule has 0 saturated heterocycles. The first-order valence-corrected chi connectivity index (χ1v) is 5.05. The monoisotopic (exact) mass is 188 g/mol. The summed E-state index contributed by atoms with van der Waals surface area (Å²) >= 11 is 3.59. The average molecular weight is 189 g/mol. The fourth-order valence-electron chi connectivity index (χ4n) is 2.27. The lowest BCUT2D eigenvalue weighted by atomic mass is 9.95. The Kier molecular flexibility index (Phi) is 1.37. The summed E-state index contributed by atoms with van der Waals surface area (Å²) in [6.07, 6.45) is 7.58. The molecule has 0 nitrogen and oxygen atoms in total. The molecule has 1 heteroatoms. The standard InChI is InChI=1S/C8H13Br/c9-6-7-2-1-3-8(7)4-5-8/h7H,1-6H2. The van der Waals surface area contributed by atoms with E-state index in [1.54, 1.807) is 0 Å². The molecule has 0 N–H and O–H groups in total. The molecule has 52 valence electrons. The van der Waals surface area contributed by atoms with Gasteiger partial charge in [0, 0.05) is 5.33 Å². The molecular weight excluding hydrogens is 176 g/mol. The van der Waals surface area contributed by atoms with Crippen LogP contribution in [-0.2, 0) is 0 Å². The Hall–Kier alpha value is 0.480. The van der Waals surface area contributed by atoms with Crippen molar-refractivity contribution in [3.8, 4) is 0 Å². The Morgan fingerprint density at radius 3 is 2.56 bits per heavy atom. The van der Waals surface area contributed by atoms with E-state index in [4.69, 9.17) is 0 Å². The Morgan fingerprint density at radius 1 is 1.33 bits per heavy atom. The van der Waals surface area contributed by atoms with Crippen molar-refractivity contribution < 1.29 is 0 Å². The quantitative estimate of drug-likeness (QED) is 0.556. The summed E-state index contributed by atoms with van der Waals surface area (Å²) in [5.41, 5.74) is 0.865. The second kappa shape index (κ2) is 1.98. The van der Waals surface area contributed by atoms with Crippen LogP contribution >= 0.6 is 15.9 Å². The van der Waals surface area contributed by atoms with E-state index in [1.165, 1.54) is 37.4 Å². The molecule has 0 aromatic heterocycles. The van der Waals surface area contributed by atoms with Crippen LogP contribution in [0.4, 0.5) is 0 Å². The molecule has 0 aromatic carbocycles. The molecule has 9 heavy (non-hydrogen) atoms. The highest BCUT2D eigenvalue weighted by Gasteiger charge is 2.50. The fraction of sp³-hybridized carbons (Fsp3) is 1.00. The number of halogens is 1. The van der Waals surface area contributed by atoms with Crippen molar-refractivity contribution >= 4 is 15.9 Å². The summed E-state index contributed by atoms with van der Waals surface area (Å²) in [5.74, 6) is 1.04. The van der Waals surface area contributed by atoms with Crippen molar-refractivity contribution in [1.82, 2.24) is 0 Å². The first kappa shape index (κ1) is 6.21. The van der Waals surface area contributed by atoms with Gasteiger partial charge in [0.25, 0.3) is 0 Å². The van der Waals surface area contributed by atoms with Crippen molar-refractivity contribution in [3.05, 3.63) is 0 Å². The van der Waals surface area contributed by atoms with Crippen molar-refractivity contribution in [2.75, 3.05) is 5.33 Å². The second-order valence-electron chi connectivity index (χ2n) is 3.61.